The van der Waals surface area contributed by atoms with Gasteiger partial charge in [0.2, 0.25) is 6.04 Å². The topological polar surface area (TPSA) is 76.1 Å². The van der Waals surface area contributed by atoms with Crippen LogP contribution in [0.4, 0.5) is 5.69 Å². The Morgan fingerprint density at radius 3 is 2.52 bits per heavy atom. The van der Waals surface area contributed by atoms with Gasteiger partial charge in [0.15, 0.2) is 12.4 Å². The summed E-state index contributed by atoms with van der Waals surface area (Å²) in [5.74, 6) is -0.737. The van der Waals surface area contributed by atoms with Crippen LogP contribution >= 0.6 is 11.6 Å². The van der Waals surface area contributed by atoms with Crippen LogP contribution in [0.15, 0.2) is 48.8 Å². The number of nitrogens with one attached hydrogen (secondary N) is 1. The summed E-state index contributed by atoms with van der Waals surface area (Å²) in [6.45, 7) is 1.73. The lowest BCUT2D eigenvalue weighted by molar-refractivity contribution is -0.705. The van der Waals surface area contributed by atoms with Crippen LogP contribution in [-0.4, -0.2) is 11.8 Å². The summed E-state index contributed by atoms with van der Waals surface area (Å²) in [5, 5.41) is 3.38. The van der Waals surface area contributed by atoms with Crippen LogP contribution in [-0.2, 0) is 4.79 Å². The van der Waals surface area contributed by atoms with Gasteiger partial charge in [0.25, 0.3) is 11.8 Å². The standard InChI is InChI=1S/C15H14ClN3O2/c1-10(19-8-2-3-11(9-19)14(17)20)15(21)18-13-6-4-12(16)5-7-13/h2-10H,1H3,(H2-,17,18,20,21)/p+1/t10-/m1/s1. The van der Waals surface area contributed by atoms with E-state index < -0.39 is 11.9 Å². The number of anilines is 1. The lowest BCUT2D eigenvalue weighted by Gasteiger charge is -2.09. The van der Waals surface area contributed by atoms with Crippen LogP contribution in [0.2, 0.25) is 5.02 Å². The Balaban J connectivity index is 2.13. The molecule has 0 radical (unpaired) electrons. The molecule has 0 aliphatic heterocycles. The van der Waals surface area contributed by atoms with Crippen molar-refractivity contribution >= 4 is 29.1 Å². The van der Waals surface area contributed by atoms with E-state index in [1.807, 2.05) is 0 Å². The molecule has 0 saturated carbocycles. The molecule has 6 heteroatoms. The summed E-state index contributed by atoms with van der Waals surface area (Å²) >= 11 is 5.79. The number of nitrogens with two attached hydrogens (primary N) is 1. The van der Waals surface area contributed by atoms with Crippen molar-refractivity contribution in [1.82, 2.24) is 0 Å². The number of primary amides is 1. The Kier molecular flexibility index (Phi) is 4.55. The molecule has 0 saturated heterocycles. The molecule has 0 unspecified atom stereocenters. The highest BCUT2D eigenvalue weighted by Gasteiger charge is 2.22. The summed E-state index contributed by atoms with van der Waals surface area (Å²) in [6.07, 6.45) is 3.26. The molecule has 0 aliphatic carbocycles. The molecule has 0 aliphatic rings. The summed E-state index contributed by atoms with van der Waals surface area (Å²) in [4.78, 5) is 23.4. The highest BCUT2D eigenvalue weighted by Crippen LogP contribution is 2.14. The maximum Gasteiger partial charge on any atom is 0.293 e. The number of benzene rings is 1. The van der Waals surface area contributed by atoms with E-state index >= 15 is 0 Å². The highest BCUT2D eigenvalue weighted by molar-refractivity contribution is 6.30. The Labute approximate surface area is 127 Å². The number of pyridine rings is 1. The SMILES string of the molecule is C[C@H](C(=O)Nc1ccc(Cl)cc1)[n+]1cccc(C(N)=O)c1. The predicted molar refractivity (Wildman–Crippen MR) is 79.9 cm³/mol. The van der Waals surface area contributed by atoms with E-state index in [1.165, 1.54) is 0 Å². The van der Waals surface area contributed by atoms with Gasteiger partial charge in [-0.15, -0.1) is 0 Å². The van der Waals surface area contributed by atoms with E-state index in [4.69, 9.17) is 17.3 Å². The first-order chi connectivity index (χ1) is 9.97. The number of halogens is 1. The van der Waals surface area contributed by atoms with E-state index in [9.17, 15) is 9.59 Å². The molecule has 2 aromatic rings. The first kappa shape index (κ1) is 15.0. The van der Waals surface area contributed by atoms with E-state index in [-0.39, 0.29) is 5.91 Å². The fourth-order valence-corrected chi connectivity index (χ4v) is 1.92. The fourth-order valence-electron chi connectivity index (χ4n) is 1.79. The average Bonchev–Trinajstić information content (AvgIpc) is 2.49. The Morgan fingerprint density at radius 2 is 1.90 bits per heavy atom. The average molecular weight is 305 g/mol. The minimum atomic E-state index is -0.533. The number of carbonyl (C=O) groups excluding carboxylic acids is 2. The zero-order valence-electron chi connectivity index (χ0n) is 11.4. The van der Waals surface area contributed by atoms with Crippen molar-refractivity contribution in [1.29, 1.82) is 0 Å². The Bertz CT molecular complexity index is 671. The van der Waals surface area contributed by atoms with Gasteiger partial charge in [-0.1, -0.05) is 11.6 Å². The van der Waals surface area contributed by atoms with Gasteiger partial charge in [-0.05, 0) is 30.3 Å². The third-order valence-electron chi connectivity index (χ3n) is 3.05. The zero-order valence-corrected chi connectivity index (χ0v) is 12.2. The van der Waals surface area contributed by atoms with E-state index in [0.717, 1.165) is 0 Å². The third-order valence-corrected chi connectivity index (χ3v) is 3.30. The quantitative estimate of drug-likeness (QED) is 0.847. The molecule has 2 rings (SSSR count). The molecule has 5 nitrogen and oxygen atoms in total. The third kappa shape index (κ3) is 3.79. The van der Waals surface area contributed by atoms with Crippen molar-refractivity contribution in [2.45, 2.75) is 13.0 Å². The number of rotatable bonds is 4. The van der Waals surface area contributed by atoms with E-state index in [2.05, 4.69) is 5.32 Å². The maximum atomic E-state index is 12.2. The smallest absolute Gasteiger partial charge is 0.293 e. The minimum Gasteiger partial charge on any atom is -0.365 e. The van der Waals surface area contributed by atoms with Gasteiger partial charge < -0.3 is 11.1 Å². The van der Waals surface area contributed by atoms with Gasteiger partial charge in [-0.2, -0.15) is 4.57 Å². The predicted octanol–water partition coefficient (Wildman–Crippen LogP) is 1.93. The van der Waals surface area contributed by atoms with Crippen molar-refractivity contribution in [3.63, 3.8) is 0 Å². The number of amides is 2. The van der Waals surface area contributed by atoms with Gasteiger partial charge in [-0.3, -0.25) is 9.59 Å². The molecule has 0 spiro atoms. The molecule has 0 fully saturated rings. The molecule has 108 valence electrons. The molecule has 2 amide bonds. The second-order valence-electron chi connectivity index (χ2n) is 4.58. The van der Waals surface area contributed by atoms with Crippen molar-refractivity contribution < 1.29 is 14.2 Å². The monoisotopic (exact) mass is 304 g/mol. The molecular formula is C15H15ClN3O2+. The van der Waals surface area contributed by atoms with Gasteiger partial charge in [0.05, 0.1) is 0 Å². The van der Waals surface area contributed by atoms with Crippen molar-refractivity contribution in [2.75, 3.05) is 5.32 Å². The summed E-state index contributed by atoms with van der Waals surface area (Å²) in [7, 11) is 0. The maximum absolute atomic E-state index is 12.2. The second-order valence-corrected chi connectivity index (χ2v) is 5.01. The number of nitrogens with zero attached hydrogens (tertiary/aromatic N) is 1. The van der Waals surface area contributed by atoms with Crippen molar-refractivity contribution in [3.05, 3.63) is 59.4 Å². The van der Waals surface area contributed by atoms with Gasteiger partial charge >= 0.3 is 0 Å². The number of carbonyl (C=O) groups is 2. The van der Waals surface area contributed by atoms with Crippen LogP contribution in [0.3, 0.4) is 0 Å². The van der Waals surface area contributed by atoms with E-state index in [0.29, 0.717) is 16.3 Å². The molecule has 3 N–H and O–H groups in total. The molecule has 0 bridgehead atoms. The van der Waals surface area contributed by atoms with Crippen molar-refractivity contribution in [3.8, 4) is 0 Å². The summed E-state index contributed by atoms with van der Waals surface area (Å²) in [5.41, 5.74) is 6.24. The summed E-state index contributed by atoms with van der Waals surface area (Å²) < 4.78 is 1.63. The molecule has 1 atom stereocenters. The van der Waals surface area contributed by atoms with Crippen LogP contribution < -0.4 is 15.6 Å². The van der Waals surface area contributed by atoms with Gasteiger partial charge in [0.1, 0.15) is 5.56 Å². The second kappa shape index (κ2) is 6.37. The Hall–Kier alpha value is -2.40. The first-order valence-electron chi connectivity index (χ1n) is 6.34. The Morgan fingerprint density at radius 1 is 1.24 bits per heavy atom. The number of aromatic nitrogens is 1. The highest BCUT2D eigenvalue weighted by atomic mass is 35.5. The first-order valence-corrected chi connectivity index (χ1v) is 6.72. The lowest BCUT2D eigenvalue weighted by atomic mass is 10.2. The van der Waals surface area contributed by atoms with Crippen molar-refractivity contribution in [2.24, 2.45) is 5.73 Å². The molecule has 1 aromatic carbocycles. The number of hydrogen-bond donors (Lipinski definition) is 2. The number of hydrogen-bond acceptors (Lipinski definition) is 2. The molecule has 21 heavy (non-hydrogen) atoms. The summed E-state index contributed by atoms with van der Waals surface area (Å²) in [6, 6.07) is 9.62. The minimum absolute atomic E-state index is 0.205. The molecular weight excluding hydrogens is 290 g/mol. The normalized spacial score (nSPS) is 11.7. The fraction of sp³-hybridized carbons (Fsp3) is 0.133. The van der Waals surface area contributed by atoms with E-state index in [1.54, 1.807) is 60.3 Å². The van der Waals surface area contributed by atoms with Crippen LogP contribution in [0.5, 0.6) is 0 Å². The van der Waals surface area contributed by atoms with Gasteiger partial charge in [-0.25, -0.2) is 0 Å². The lowest BCUT2D eigenvalue weighted by Crippen LogP contribution is -2.44. The molecule has 1 heterocycles. The van der Waals surface area contributed by atoms with Gasteiger partial charge in [0, 0.05) is 23.7 Å². The molecule has 1 aromatic heterocycles. The zero-order chi connectivity index (χ0) is 15.4. The van der Waals surface area contributed by atoms with Crippen LogP contribution in [0.1, 0.15) is 23.3 Å². The van der Waals surface area contributed by atoms with Crippen LogP contribution in [0.25, 0.3) is 0 Å². The van der Waals surface area contributed by atoms with Crippen LogP contribution in [0, 0.1) is 0 Å². The largest absolute Gasteiger partial charge is 0.365 e.